The van der Waals surface area contributed by atoms with E-state index in [9.17, 15) is 5.26 Å². The van der Waals surface area contributed by atoms with Crippen LogP contribution in [0.1, 0.15) is 17.2 Å². The largest absolute Gasteiger partial charge is 0.365 e. The molecular formula is C16H16ClN3. The quantitative estimate of drug-likeness (QED) is 0.937. The number of likely N-dealkylation sites (N-methyl/N-ethyl adjacent to an activating group) is 1. The lowest BCUT2D eigenvalue weighted by atomic mass is 10.0. The monoisotopic (exact) mass is 285 g/mol. The first-order valence-corrected chi connectivity index (χ1v) is 6.72. The Kier molecular flexibility index (Phi) is 4.62. The summed E-state index contributed by atoms with van der Waals surface area (Å²) >= 11 is 5.92. The number of para-hydroxylation sites is 1. The first kappa shape index (κ1) is 14.4. The second kappa shape index (κ2) is 6.42. The van der Waals surface area contributed by atoms with Crippen molar-refractivity contribution in [3.05, 3.63) is 64.7 Å². The number of rotatable bonds is 4. The minimum atomic E-state index is 0.00164. The van der Waals surface area contributed by atoms with Crippen molar-refractivity contribution in [3.8, 4) is 6.07 Å². The molecule has 0 saturated heterocycles. The number of halogens is 1. The molecule has 102 valence electrons. The lowest BCUT2D eigenvalue weighted by Crippen LogP contribution is -2.30. The average molecular weight is 286 g/mol. The minimum Gasteiger partial charge on any atom is -0.365 e. The standard InChI is InChI=1S/C16H16ClN3/c1-20(15-5-3-2-4-13(15)10-18)16(11-19)12-6-8-14(17)9-7-12/h2-9,16H,11,19H2,1H3. The lowest BCUT2D eigenvalue weighted by Gasteiger charge is -2.30. The maximum Gasteiger partial charge on any atom is 0.101 e. The van der Waals surface area contributed by atoms with Crippen molar-refractivity contribution in [1.29, 1.82) is 5.26 Å². The maximum absolute atomic E-state index is 9.20. The van der Waals surface area contributed by atoms with E-state index in [1.165, 1.54) is 0 Å². The van der Waals surface area contributed by atoms with E-state index in [1.54, 1.807) is 6.07 Å². The molecule has 2 aromatic rings. The van der Waals surface area contributed by atoms with Gasteiger partial charge in [0.15, 0.2) is 0 Å². The summed E-state index contributed by atoms with van der Waals surface area (Å²) in [6.07, 6.45) is 0. The zero-order valence-corrected chi connectivity index (χ0v) is 12.0. The first-order valence-electron chi connectivity index (χ1n) is 6.35. The average Bonchev–Trinajstić information content (AvgIpc) is 2.49. The molecule has 0 aliphatic rings. The predicted octanol–water partition coefficient (Wildman–Crippen LogP) is 3.35. The summed E-state index contributed by atoms with van der Waals surface area (Å²) in [4.78, 5) is 2.03. The van der Waals surface area contributed by atoms with Crippen molar-refractivity contribution in [2.75, 3.05) is 18.5 Å². The summed E-state index contributed by atoms with van der Waals surface area (Å²) in [6, 6.07) is 17.4. The molecule has 2 aromatic carbocycles. The van der Waals surface area contributed by atoms with Crippen molar-refractivity contribution >= 4 is 17.3 Å². The topological polar surface area (TPSA) is 53.0 Å². The third-order valence-electron chi connectivity index (χ3n) is 3.35. The number of anilines is 1. The van der Waals surface area contributed by atoms with E-state index in [2.05, 4.69) is 6.07 Å². The SMILES string of the molecule is CN(c1ccccc1C#N)C(CN)c1ccc(Cl)cc1. The molecule has 0 radical (unpaired) electrons. The van der Waals surface area contributed by atoms with E-state index in [-0.39, 0.29) is 6.04 Å². The van der Waals surface area contributed by atoms with Crippen LogP contribution in [0.5, 0.6) is 0 Å². The van der Waals surface area contributed by atoms with Crippen LogP contribution in [0.3, 0.4) is 0 Å². The Hall–Kier alpha value is -2.02. The van der Waals surface area contributed by atoms with Gasteiger partial charge in [0.25, 0.3) is 0 Å². The normalized spacial score (nSPS) is 11.7. The molecule has 1 atom stereocenters. The Morgan fingerprint density at radius 1 is 1.20 bits per heavy atom. The van der Waals surface area contributed by atoms with Crippen molar-refractivity contribution < 1.29 is 0 Å². The van der Waals surface area contributed by atoms with Gasteiger partial charge in [-0.05, 0) is 29.8 Å². The van der Waals surface area contributed by atoms with E-state index >= 15 is 0 Å². The fraction of sp³-hybridized carbons (Fsp3) is 0.188. The van der Waals surface area contributed by atoms with Gasteiger partial charge < -0.3 is 10.6 Å². The molecule has 0 saturated carbocycles. The van der Waals surface area contributed by atoms with E-state index in [0.717, 1.165) is 11.3 Å². The molecule has 0 aliphatic carbocycles. The Morgan fingerprint density at radius 3 is 2.45 bits per heavy atom. The van der Waals surface area contributed by atoms with Crippen LogP contribution in [-0.2, 0) is 0 Å². The van der Waals surface area contributed by atoms with Gasteiger partial charge >= 0.3 is 0 Å². The van der Waals surface area contributed by atoms with Gasteiger partial charge in [-0.25, -0.2) is 0 Å². The smallest absolute Gasteiger partial charge is 0.101 e. The number of nitrogens with two attached hydrogens (primary N) is 1. The summed E-state index contributed by atoms with van der Waals surface area (Å²) < 4.78 is 0. The van der Waals surface area contributed by atoms with Gasteiger partial charge in [-0.1, -0.05) is 35.9 Å². The van der Waals surface area contributed by atoms with Crippen LogP contribution >= 0.6 is 11.6 Å². The number of benzene rings is 2. The molecule has 2 N–H and O–H groups in total. The van der Waals surface area contributed by atoms with Crippen LogP contribution in [0.25, 0.3) is 0 Å². The van der Waals surface area contributed by atoms with Crippen molar-refractivity contribution in [2.24, 2.45) is 5.73 Å². The Morgan fingerprint density at radius 2 is 1.85 bits per heavy atom. The third-order valence-corrected chi connectivity index (χ3v) is 3.60. The van der Waals surface area contributed by atoms with Crippen LogP contribution < -0.4 is 10.6 Å². The molecule has 0 aromatic heterocycles. The van der Waals surface area contributed by atoms with Crippen molar-refractivity contribution in [1.82, 2.24) is 0 Å². The molecule has 3 nitrogen and oxygen atoms in total. The van der Waals surface area contributed by atoms with E-state index in [0.29, 0.717) is 17.1 Å². The highest BCUT2D eigenvalue weighted by atomic mass is 35.5. The van der Waals surface area contributed by atoms with Gasteiger partial charge in [0.2, 0.25) is 0 Å². The maximum atomic E-state index is 9.20. The molecule has 0 fully saturated rings. The van der Waals surface area contributed by atoms with Crippen LogP contribution in [0.2, 0.25) is 5.02 Å². The Labute approximate surface area is 124 Å². The molecule has 20 heavy (non-hydrogen) atoms. The second-order valence-electron chi connectivity index (χ2n) is 4.54. The van der Waals surface area contributed by atoms with Gasteiger partial charge in [0, 0.05) is 18.6 Å². The number of nitriles is 1. The molecule has 2 rings (SSSR count). The van der Waals surface area contributed by atoms with Crippen LogP contribution in [0, 0.1) is 11.3 Å². The van der Waals surface area contributed by atoms with Crippen LogP contribution in [0.4, 0.5) is 5.69 Å². The Balaban J connectivity index is 2.36. The molecule has 0 heterocycles. The van der Waals surface area contributed by atoms with E-state index < -0.39 is 0 Å². The molecule has 0 amide bonds. The lowest BCUT2D eigenvalue weighted by molar-refractivity contribution is 0.680. The van der Waals surface area contributed by atoms with Crippen molar-refractivity contribution in [2.45, 2.75) is 6.04 Å². The molecule has 1 unspecified atom stereocenters. The molecule has 0 bridgehead atoms. The Bertz CT molecular complexity index is 616. The van der Waals surface area contributed by atoms with Gasteiger partial charge in [-0.3, -0.25) is 0 Å². The highest BCUT2D eigenvalue weighted by Crippen LogP contribution is 2.28. The highest BCUT2D eigenvalue weighted by Gasteiger charge is 2.18. The van der Waals surface area contributed by atoms with Gasteiger partial charge in [0.1, 0.15) is 6.07 Å². The van der Waals surface area contributed by atoms with Crippen LogP contribution in [-0.4, -0.2) is 13.6 Å². The summed E-state index contributed by atoms with van der Waals surface area (Å²) in [5, 5.41) is 9.90. The number of hydrogen-bond donors (Lipinski definition) is 1. The zero-order valence-electron chi connectivity index (χ0n) is 11.3. The van der Waals surface area contributed by atoms with Gasteiger partial charge in [-0.2, -0.15) is 5.26 Å². The van der Waals surface area contributed by atoms with Gasteiger partial charge in [0.05, 0.1) is 17.3 Å². The predicted molar refractivity (Wildman–Crippen MR) is 82.8 cm³/mol. The fourth-order valence-electron chi connectivity index (χ4n) is 2.25. The first-order chi connectivity index (χ1) is 9.67. The highest BCUT2D eigenvalue weighted by molar-refractivity contribution is 6.30. The molecular weight excluding hydrogens is 270 g/mol. The molecule has 0 spiro atoms. The minimum absolute atomic E-state index is 0.00164. The summed E-state index contributed by atoms with van der Waals surface area (Å²) in [6.45, 7) is 0.456. The fourth-order valence-corrected chi connectivity index (χ4v) is 2.37. The molecule has 0 aliphatic heterocycles. The van der Waals surface area contributed by atoms with Crippen molar-refractivity contribution in [3.63, 3.8) is 0 Å². The third kappa shape index (κ3) is 2.93. The van der Waals surface area contributed by atoms with Gasteiger partial charge in [-0.15, -0.1) is 0 Å². The van der Waals surface area contributed by atoms with E-state index in [4.69, 9.17) is 17.3 Å². The number of hydrogen-bond acceptors (Lipinski definition) is 3. The van der Waals surface area contributed by atoms with E-state index in [1.807, 2.05) is 54.4 Å². The zero-order chi connectivity index (χ0) is 14.5. The van der Waals surface area contributed by atoms with Crippen LogP contribution in [0.15, 0.2) is 48.5 Å². The summed E-state index contributed by atoms with van der Waals surface area (Å²) in [7, 11) is 1.95. The second-order valence-corrected chi connectivity index (χ2v) is 4.98. The molecule has 4 heteroatoms. The number of nitrogens with zero attached hydrogens (tertiary/aromatic N) is 2. The summed E-state index contributed by atoms with van der Waals surface area (Å²) in [5.41, 5.74) is 8.51. The summed E-state index contributed by atoms with van der Waals surface area (Å²) in [5.74, 6) is 0.